The van der Waals surface area contributed by atoms with Gasteiger partial charge in [0, 0.05) is 0 Å². The summed E-state index contributed by atoms with van der Waals surface area (Å²) in [4.78, 5) is 0. The molecule has 1 N–H and O–H groups in total. The molecule has 3 nitrogen and oxygen atoms in total. The second-order valence-corrected chi connectivity index (χ2v) is 5.55. The Balaban J connectivity index is 3.75. The molecule has 0 aromatic heterocycles. The maximum Gasteiger partial charge on any atom is 0.152 e. The lowest BCUT2D eigenvalue weighted by Gasteiger charge is -2.06. The lowest BCUT2D eigenvalue weighted by atomic mass is 10.5. The number of rotatable bonds is 5. The monoisotopic (exact) mass is 179 g/mol. The molecule has 0 atom stereocenters. The number of hydrogen-bond acceptors (Lipinski definition) is 3. The minimum atomic E-state index is -2.81. The van der Waals surface area contributed by atoms with Crippen LogP contribution in [0.25, 0.3) is 0 Å². The van der Waals surface area contributed by atoms with Crippen LogP contribution in [0.1, 0.15) is 20.3 Å². The molecule has 0 aromatic carbocycles. The van der Waals surface area contributed by atoms with Gasteiger partial charge in [0.05, 0.1) is 11.0 Å². The predicted molar refractivity (Wildman–Crippen MR) is 47.5 cm³/mol. The van der Waals surface area contributed by atoms with Crippen molar-refractivity contribution in [3.8, 4) is 0 Å². The average Bonchev–Trinajstić information content (AvgIpc) is 1.88. The van der Waals surface area contributed by atoms with Crippen molar-refractivity contribution < 1.29 is 8.42 Å². The first kappa shape index (κ1) is 10.9. The zero-order chi connectivity index (χ0) is 8.91. The van der Waals surface area contributed by atoms with Crippen LogP contribution in [0.5, 0.6) is 0 Å². The Morgan fingerprint density at radius 1 is 1.36 bits per heavy atom. The molecule has 0 rings (SSSR count). The molecule has 11 heavy (non-hydrogen) atoms. The number of sulfone groups is 1. The normalized spacial score (nSPS) is 12.4. The molecule has 0 unspecified atom stereocenters. The van der Waals surface area contributed by atoms with Crippen molar-refractivity contribution in [3.05, 3.63) is 0 Å². The topological polar surface area (TPSA) is 46.2 Å². The van der Waals surface area contributed by atoms with E-state index in [1.807, 2.05) is 7.05 Å². The molecule has 0 saturated carbocycles. The van der Waals surface area contributed by atoms with Crippen molar-refractivity contribution in [2.75, 3.05) is 19.3 Å². The van der Waals surface area contributed by atoms with Gasteiger partial charge in [0.25, 0.3) is 0 Å². The summed E-state index contributed by atoms with van der Waals surface area (Å²) < 4.78 is 22.4. The standard InChI is InChI=1S/C7H17NO2S/c1-7(2)11(9,10)6-4-5-8-3/h7-8H,4-6H2,1-3H3. The Morgan fingerprint density at radius 2 is 1.91 bits per heavy atom. The second kappa shape index (κ2) is 4.72. The van der Waals surface area contributed by atoms with Gasteiger partial charge in [0.2, 0.25) is 0 Å². The summed E-state index contributed by atoms with van der Waals surface area (Å²) in [5.41, 5.74) is 0. The van der Waals surface area contributed by atoms with E-state index in [4.69, 9.17) is 0 Å². The van der Waals surface area contributed by atoms with Crippen molar-refractivity contribution in [1.29, 1.82) is 0 Å². The average molecular weight is 179 g/mol. The molecule has 0 aliphatic carbocycles. The zero-order valence-corrected chi connectivity index (χ0v) is 8.24. The number of hydrogen-bond donors (Lipinski definition) is 1. The summed E-state index contributed by atoms with van der Waals surface area (Å²) in [6.07, 6.45) is 0.705. The van der Waals surface area contributed by atoms with Gasteiger partial charge in [-0.15, -0.1) is 0 Å². The Labute approximate surface area is 69.1 Å². The van der Waals surface area contributed by atoms with Crippen LogP contribution in [0.2, 0.25) is 0 Å². The summed E-state index contributed by atoms with van der Waals surface area (Å²) >= 11 is 0. The van der Waals surface area contributed by atoms with Gasteiger partial charge in [0.1, 0.15) is 0 Å². The maximum absolute atomic E-state index is 11.2. The molecule has 0 spiro atoms. The molecule has 0 amide bonds. The molecule has 0 aliphatic heterocycles. The third kappa shape index (κ3) is 4.37. The summed E-state index contributed by atoms with van der Waals surface area (Å²) in [7, 11) is -0.989. The lowest BCUT2D eigenvalue weighted by molar-refractivity contribution is 0.583. The Kier molecular flexibility index (Phi) is 4.68. The molecule has 0 fully saturated rings. The van der Waals surface area contributed by atoms with E-state index in [0.29, 0.717) is 12.2 Å². The molecular weight excluding hydrogens is 162 g/mol. The molecular formula is C7H17NO2S. The van der Waals surface area contributed by atoms with Gasteiger partial charge < -0.3 is 5.32 Å². The SMILES string of the molecule is CNCCCS(=O)(=O)C(C)C. The fraction of sp³-hybridized carbons (Fsp3) is 1.00. The van der Waals surface area contributed by atoms with Crippen LogP contribution in [0, 0.1) is 0 Å². The zero-order valence-electron chi connectivity index (χ0n) is 7.42. The van der Waals surface area contributed by atoms with Crippen LogP contribution in [-0.2, 0) is 9.84 Å². The highest BCUT2D eigenvalue weighted by Gasteiger charge is 2.14. The molecule has 0 aliphatic rings. The van der Waals surface area contributed by atoms with Gasteiger partial charge in [-0.1, -0.05) is 0 Å². The van der Waals surface area contributed by atoms with Crippen molar-refractivity contribution in [2.24, 2.45) is 0 Å². The first-order chi connectivity index (χ1) is 5.00. The predicted octanol–water partition coefficient (Wildman–Crippen LogP) is 0.419. The molecule has 68 valence electrons. The third-order valence-corrected chi connectivity index (χ3v) is 3.87. The third-order valence-electron chi connectivity index (χ3n) is 1.57. The van der Waals surface area contributed by atoms with Crippen LogP contribution < -0.4 is 5.32 Å². The highest BCUT2D eigenvalue weighted by Crippen LogP contribution is 2.01. The smallest absolute Gasteiger partial charge is 0.152 e. The second-order valence-electron chi connectivity index (χ2n) is 2.87. The first-order valence-corrected chi connectivity index (χ1v) is 5.58. The summed E-state index contributed by atoms with van der Waals surface area (Å²) in [5, 5.41) is 2.68. The summed E-state index contributed by atoms with van der Waals surface area (Å²) in [6.45, 7) is 4.20. The van der Waals surface area contributed by atoms with E-state index in [1.54, 1.807) is 13.8 Å². The van der Waals surface area contributed by atoms with Gasteiger partial charge in [-0.2, -0.15) is 0 Å². The van der Waals surface area contributed by atoms with E-state index < -0.39 is 9.84 Å². The molecule has 0 bridgehead atoms. The highest BCUT2D eigenvalue weighted by atomic mass is 32.2. The van der Waals surface area contributed by atoms with Crippen LogP contribution in [0.3, 0.4) is 0 Å². The van der Waals surface area contributed by atoms with Crippen molar-refractivity contribution in [3.63, 3.8) is 0 Å². The Bertz CT molecular complexity index is 185. The minimum absolute atomic E-state index is 0.237. The first-order valence-electron chi connectivity index (χ1n) is 3.87. The van der Waals surface area contributed by atoms with Gasteiger partial charge >= 0.3 is 0 Å². The largest absolute Gasteiger partial charge is 0.320 e. The van der Waals surface area contributed by atoms with Crippen LogP contribution in [0.15, 0.2) is 0 Å². The van der Waals surface area contributed by atoms with E-state index in [9.17, 15) is 8.42 Å². The van der Waals surface area contributed by atoms with Gasteiger partial charge in [0.15, 0.2) is 9.84 Å². The molecule has 0 aromatic rings. The quantitative estimate of drug-likeness (QED) is 0.622. The van der Waals surface area contributed by atoms with Crippen molar-refractivity contribution in [2.45, 2.75) is 25.5 Å². The van der Waals surface area contributed by atoms with E-state index in [1.165, 1.54) is 0 Å². The summed E-state index contributed by atoms with van der Waals surface area (Å²) in [5.74, 6) is 0.297. The fourth-order valence-electron chi connectivity index (χ4n) is 0.686. The van der Waals surface area contributed by atoms with Gasteiger partial charge in [-0.05, 0) is 33.9 Å². The Hall–Kier alpha value is -0.0900. The number of nitrogens with one attached hydrogen (secondary N) is 1. The van der Waals surface area contributed by atoms with Crippen LogP contribution in [0.4, 0.5) is 0 Å². The maximum atomic E-state index is 11.2. The fourth-order valence-corrected chi connectivity index (χ4v) is 1.70. The molecule has 0 heterocycles. The van der Waals surface area contributed by atoms with Crippen molar-refractivity contribution in [1.82, 2.24) is 5.32 Å². The van der Waals surface area contributed by atoms with E-state index in [0.717, 1.165) is 6.54 Å². The van der Waals surface area contributed by atoms with Gasteiger partial charge in [-0.3, -0.25) is 0 Å². The molecule has 0 radical (unpaired) electrons. The van der Waals surface area contributed by atoms with E-state index in [2.05, 4.69) is 5.32 Å². The highest BCUT2D eigenvalue weighted by molar-refractivity contribution is 7.91. The Morgan fingerprint density at radius 3 is 2.27 bits per heavy atom. The van der Waals surface area contributed by atoms with Crippen molar-refractivity contribution >= 4 is 9.84 Å². The van der Waals surface area contributed by atoms with Gasteiger partial charge in [-0.25, -0.2) is 8.42 Å². The minimum Gasteiger partial charge on any atom is -0.320 e. The van der Waals surface area contributed by atoms with Crippen LogP contribution in [-0.4, -0.2) is 33.0 Å². The van der Waals surface area contributed by atoms with Crippen LogP contribution >= 0.6 is 0 Å². The van der Waals surface area contributed by atoms with E-state index in [-0.39, 0.29) is 5.25 Å². The van der Waals surface area contributed by atoms with E-state index >= 15 is 0 Å². The molecule has 4 heteroatoms. The lowest BCUT2D eigenvalue weighted by Crippen LogP contribution is -2.20. The summed E-state index contributed by atoms with van der Waals surface area (Å²) in [6, 6.07) is 0. The molecule has 0 saturated heterocycles.